The van der Waals surface area contributed by atoms with E-state index in [0.717, 1.165) is 0 Å². The van der Waals surface area contributed by atoms with E-state index in [4.69, 9.17) is 0 Å². The quantitative estimate of drug-likeness (QED) is 0.119. The summed E-state index contributed by atoms with van der Waals surface area (Å²) in [5.41, 5.74) is 17.9. The van der Waals surface area contributed by atoms with Crippen LogP contribution in [0.2, 0.25) is 0 Å². The highest BCUT2D eigenvalue weighted by atomic mass is 14.4. The molecular formula is C76H42. The Labute approximate surface area is 438 Å². The Balaban J connectivity index is 0.993. The molecule has 0 aromatic heterocycles. The molecule has 17 aromatic rings. The first kappa shape index (κ1) is 40.6. The van der Waals surface area contributed by atoms with E-state index in [9.17, 15) is 0 Å². The van der Waals surface area contributed by atoms with Crippen LogP contribution >= 0.6 is 0 Å². The standard InChI is InChI=1S/C76H42/c1-4-19-43(20-5-1)46-25-10-13-28-49(46)67-54-32-17-16-31-53(54)64(45-23-8-3-9-24-45)73-60-39-35-55-57-37-41-62-71-63(42-38-58(66(57)71)56-36-40-61(74(67)73)70(60)65(55)56)76-72-52-30-15-12-27-48(52)51-33-18-34-59(69(51)72)68(75(62)76)50-29-14-11-26-47(50)44-21-6-2-7-22-44/h1-42H. The van der Waals surface area contributed by atoms with Crippen LogP contribution in [0.15, 0.2) is 255 Å². The van der Waals surface area contributed by atoms with Crippen molar-refractivity contribution in [2.75, 3.05) is 0 Å². The van der Waals surface area contributed by atoms with Crippen molar-refractivity contribution in [1.82, 2.24) is 0 Å². The molecule has 0 spiro atoms. The van der Waals surface area contributed by atoms with Crippen molar-refractivity contribution in [3.8, 4) is 77.9 Å². The normalized spacial score (nSPS) is 12.5. The molecule has 17 aromatic carbocycles. The predicted octanol–water partition coefficient (Wildman–Crippen LogP) is 21.5. The van der Waals surface area contributed by atoms with Gasteiger partial charge in [0.1, 0.15) is 0 Å². The Morgan fingerprint density at radius 1 is 0.118 bits per heavy atom. The van der Waals surface area contributed by atoms with Gasteiger partial charge in [-0.15, -0.1) is 0 Å². The number of fused-ring (bicyclic) bond motifs is 13. The highest BCUT2D eigenvalue weighted by molar-refractivity contribution is 6.51. The summed E-state index contributed by atoms with van der Waals surface area (Å²) in [4.78, 5) is 0. The Morgan fingerprint density at radius 3 is 1.07 bits per heavy atom. The number of hydrogen-bond donors (Lipinski definition) is 0. The first-order chi connectivity index (χ1) is 37.8. The van der Waals surface area contributed by atoms with Crippen LogP contribution in [0.5, 0.6) is 0 Å². The molecule has 76 heavy (non-hydrogen) atoms. The smallest absolute Gasteiger partial charge is 0.000696 e. The van der Waals surface area contributed by atoms with Gasteiger partial charge in [0.05, 0.1) is 0 Å². The van der Waals surface area contributed by atoms with Crippen molar-refractivity contribution in [2.45, 2.75) is 0 Å². The van der Waals surface area contributed by atoms with Gasteiger partial charge in [-0.1, -0.05) is 255 Å². The van der Waals surface area contributed by atoms with Crippen LogP contribution in [0.3, 0.4) is 0 Å². The third-order valence-electron chi connectivity index (χ3n) is 17.6. The second-order valence-corrected chi connectivity index (χ2v) is 21.2. The summed E-state index contributed by atoms with van der Waals surface area (Å²) in [6, 6.07) is 96.2. The molecule has 0 unspecified atom stereocenters. The molecule has 0 aliphatic heterocycles. The topological polar surface area (TPSA) is 0 Å². The molecule has 0 bridgehead atoms. The zero-order valence-corrected chi connectivity index (χ0v) is 41.2. The maximum absolute atomic E-state index is 2.48. The molecule has 0 nitrogen and oxygen atoms in total. The SMILES string of the molecule is c1ccc(-c2ccccc2-c2c3c(c(-c4ccccc4)c4ccccc24)-c2ccc4c5ccc6c7c(-c8ccccc8-c8ccccc8)c8cccc9c%10ccccc%10c(c89)c7c7ccc(c8ccc-3c2c48)c5c67)cc1. The molecule has 0 heteroatoms. The monoisotopic (exact) mass is 954 g/mol. The zero-order valence-electron chi connectivity index (χ0n) is 41.2. The third kappa shape index (κ3) is 5.09. The molecule has 1 aliphatic carbocycles. The van der Waals surface area contributed by atoms with E-state index in [0.29, 0.717) is 0 Å². The summed E-state index contributed by atoms with van der Waals surface area (Å²) >= 11 is 0. The van der Waals surface area contributed by atoms with E-state index in [1.807, 2.05) is 0 Å². The minimum Gasteiger partial charge on any atom is -0.0622 e. The average Bonchev–Trinajstić information content (AvgIpc) is 4.34. The first-order valence-electron chi connectivity index (χ1n) is 26.7. The number of benzene rings is 15. The average molecular weight is 955 g/mol. The molecule has 1 aliphatic rings. The van der Waals surface area contributed by atoms with E-state index < -0.39 is 0 Å². The van der Waals surface area contributed by atoms with Gasteiger partial charge in [-0.25, -0.2) is 0 Å². The fourth-order valence-electron chi connectivity index (χ4n) is 14.8. The van der Waals surface area contributed by atoms with Gasteiger partial charge in [0, 0.05) is 0 Å². The molecule has 0 saturated heterocycles. The van der Waals surface area contributed by atoms with Crippen LogP contribution in [-0.2, 0) is 0 Å². The van der Waals surface area contributed by atoms with Crippen molar-refractivity contribution < 1.29 is 0 Å². The van der Waals surface area contributed by atoms with E-state index in [-0.39, 0.29) is 0 Å². The Bertz CT molecular complexity index is 5280. The van der Waals surface area contributed by atoms with Gasteiger partial charge in [0.15, 0.2) is 0 Å². The minimum absolute atomic E-state index is 1.22. The summed E-state index contributed by atoms with van der Waals surface area (Å²) in [5.74, 6) is 0. The van der Waals surface area contributed by atoms with Crippen molar-refractivity contribution in [1.29, 1.82) is 0 Å². The van der Waals surface area contributed by atoms with Gasteiger partial charge < -0.3 is 0 Å². The molecular weight excluding hydrogens is 913 g/mol. The van der Waals surface area contributed by atoms with Crippen LogP contribution in [0.4, 0.5) is 0 Å². The number of rotatable bonds is 5. The second-order valence-electron chi connectivity index (χ2n) is 21.2. The Morgan fingerprint density at radius 2 is 0.461 bits per heavy atom. The molecule has 346 valence electrons. The summed E-state index contributed by atoms with van der Waals surface area (Å²) in [6.07, 6.45) is 0. The highest BCUT2D eigenvalue weighted by Crippen LogP contribution is 2.62. The lowest BCUT2D eigenvalue weighted by molar-refractivity contribution is 1.59. The Kier molecular flexibility index (Phi) is 7.95. The molecule has 0 N–H and O–H groups in total. The van der Waals surface area contributed by atoms with Gasteiger partial charge in [-0.3, -0.25) is 0 Å². The highest BCUT2D eigenvalue weighted by Gasteiger charge is 2.34. The van der Waals surface area contributed by atoms with Crippen LogP contribution in [0.1, 0.15) is 0 Å². The number of hydrogen-bond acceptors (Lipinski definition) is 0. The van der Waals surface area contributed by atoms with Crippen molar-refractivity contribution in [2.24, 2.45) is 0 Å². The van der Waals surface area contributed by atoms with Gasteiger partial charge >= 0.3 is 0 Å². The third-order valence-corrected chi connectivity index (χ3v) is 17.6. The molecule has 18 rings (SSSR count). The van der Waals surface area contributed by atoms with Gasteiger partial charge in [-0.05, 0) is 186 Å². The van der Waals surface area contributed by atoms with Crippen LogP contribution in [0, 0.1) is 0 Å². The molecule has 0 radical (unpaired) electrons. The largest absolute Gasteiger partial charge is 0.0622 e. The van der Waals surface area contributed by atoms with E-state index in [1.54, 1.807) is 0 Å². The van der Waals surface area contributed by atoms with E-state index in [1.165, 1.54) is 186 Å². The summed E-state index contributed by atoms with van der Waals surface area (Å²) in [7, 11) is 0. The van der Waals surface area contributed by atoms with E-state index >= 15 is 0 Å². The lowest BCUT2D eigenvalue weighted by atomic mass is 9.81. The van der Waals surface area contributed by atoms with Gasteiger partial charge in [0.2, 0.25) is 0 Å². The molecule has 0 heterocycles. The minimum atomic E-state index is 1.22. The molecule has 0 atom stereocenters. The summed E-state index contributed by atoms with van der Waals surface area (Å²) < 4.78 is 0. The maximum atomic E-state index is 2.48. The van der Waals surface area contributed by atoms with Crippen molar-refractivity contribution in [3.05, 3.63) is 255 Å². The van der Waals surface area contributed by atoms with Gasteiger partial charge in [0.25, 0.3) is 0 Å². The van der Waals surface area contributed by atoms with Crippen LogP contribution in [0.25, 0.3) is 186 Å². The fourth-order valence-corrected chi connectivity index (χ4v) is 14.8. The summed E-state index contributed by atoms with van der Waals surface area (Å²) in [5, 5.41) is 26.6. The molecule has 0 amide bonds. The zero-order chi connectivity index (χ0) is 49.3. The fraction of sp³-hybridized carbons (Fsp3) is 0. The maximum Gasteiger partial charge on any atom is -0.000696 e. The lowest BCUT2D eigenvalue weighted by Gasteiger charge is -2.22. The molecule has 0 saturated carbocycles. The van der Waals surface area contributed by atoms with Crippen molar-refractivity contribution in [3.63, 3.8) is 0 Å². The Hall–Kier alpha value is -9.88. The first-order valence-corrected chi connectivity index (χ1v) is 26.7. The van der Waals surface area contributed by atoms with Crippen LogP contribution in [-0.4, -0.2) is 0 Å². The lowest BCUT2D eigenvalue weighted by Crippen LogP contribution is -1.95. The summed E-state index contributed by atoms with van der Waals surface area (Å²) in [6.45, 7) is 0. The predicted molar refractivity (Wildman–Crippen MR) is 327 cm³/mol. The van der Waals surface area contributed by atoms with Crippen molar-refractivity contribution >= 4 is 108 Å². The second kappa shape index (κ2) is 14.9. The van der Waals surface area contributed by atoms with Crippen LogP contribution < -0.4 is 0 Å². The van der Waals surface area contributed by atoms with Gasteiger partial charge in [-0.2, -0.15) is 0 Å². The van der Waals surface area contributed by atoms with E-state index in [2.05, 4.69) is 255 Å². The molecule has 0 fully saturated rings.